The van der Waals surface area contributed by atoms with E-state index in [0.717, 1.165) is 25.7 Å². The van der Waals surface area contributed by atoms with Crippen molar-refractivity contribution in [2.45, 2.75) is 46.3 Å². The molecule has 0 radical (unpaired) electrons. The zero-order valence-corrected chi connectivity index (χ0v) is 22.9. The van der Waals surface area contributed by atoms with Gasteiger partial charge < -0.3 is 29.1 Å². The summed E-state index contributed by atoms with van der Waals surface area (Å²) in [5.41, 5.74) is 0.406. The number of ketones is 1. The number of aliphatic hydroxyl groups excluding tert-OH is 1. The molecule has 1 aliphatic heterocycles. The van der Waals surface area contributed by atoms with Crippen LogP contribution in [0.2, 0.25) is 0 Å². The van der Waals surface area contributed by atoms with Crippen molar-refractivity contribution in [3.63, 3.8) is 0 Å². The van der Waals surface area contributed by atoms with Gasteiger partial charge in [0.05, 0.1) is 31.9 Å². The van der Waals surface area contributed by atoms with Gasteiger partial charge in [0.2, 0.25) is 0 Å². The van der Waals surface area contributed by atoms with Gasteiger partial charge in [-0.1, -0.05) is 13.8 Å². The number of likely N-dealkylation sites (tertiary alicyclic amines) is 1. The Morgan fingerprint density at radius 3 is 2.32 bits per heavy atom. The maximum atomic E-state index is 14.8. The average molecular weight is 529 g/mol. The summed E-state index contributed by atoms with van der Waals surface area (Å²) in [7, 11) is 3.00. The lowest BCUT2D eigenvalue weighted by Crippen LogP contribution is -2.33. The number of rotatable bonds is 12. The quantitative estimate of drug-likeness (QED) is 0.241. The Morgan fingerprint density at radius 2 is 1.74 bits per heavy atom. The van der Waals surface area contributed by atoms with Gasteiger partial charge in [0.1, 0.15) is 17.3 Å². The topological polar surface area (TPSA) is 88.5 Å². The fourth-order valence-corrected chi connectivity index (χ4v) is 4.64. The lowest BCUT2D eigenvalue weighted by molar-refractivity contribution is -0.140. The molecule has 0 aromatic heterocycles. The third-order valence-corrected chi connectivity index (χ3v) is 6.61. The summed E-state index contributed by atoms with van der Waals surface area (Å²) >= 11 is 0. The van der Waals surface area contributed by atoms with Crippen LogP contribution in [0.15, 0.2) is 42.0 Å². The number of ether oxygens (including phenoxy) is 3. The highest BCUT2D eigenvalue weighted by atomic mass is 19.1. The highest BCUT2D eigenvalue weighted by Gasteiger charge is 2.47. The molecule has 1 fully saturated rings. The van der Waals surface area contributed by atoms with Crippen molar-refractivity contribution < 1.29 is 33.3 Å². The van der Waals surface area contributed by atoms with E-state index in [9.17, 15) is 19.1 Å². The first-order chi connectivity index (χ1) is 18.2. The lowest BCUT2D eigenvalue weighted by Gasteiger charge is -2.28. The van der Waals surface area contributed by atoms with Crippen molar-refractivity contribution in [2.75, 3.05) is 40.4 Å². The summed E-state index contributed by atoms with van der Waals surface area (Å²) in [5, 5.41) is 11.3. The molecular formula is C29H37FN2O6. The number of aliphatic hydroxyl groups is 1. The summed E-state index contributed by atoms with van der Waals surface area (Å²) in [6, 6.07) is 8.07. The van der Waals surface area contributed by atoms with E-state index in [1.165, 1.54) is 31.3 Å². The van der Waals surface area contributed by atoms with Crippen molar-refractivity contribution in [1.29, 1.82) is 0 Å². The monoisotopic (exact) mass is 528 g/mol. The average Bonchev–Trinajstić information content (AvgIpc) is 3.16. The second-order valence-electron chi connectivity index (χ2n) is 9.29. The molecule has 8 nitrogen and oxygen atoms in total. The second kappa shape index (κ2) is 12.8. The van der Waals surface area contributed by atoms with E-state index >= 15 is 0 Å². The Morgan fingerprint density at radius 1 is 1.05 bits per heavy atom. The normalized spacial score (nSPS) is 17.0. The fourth-order valence-electron chi connectivity index (χ4n) is 4.64. The number of carbonyl (C=O) groups excluding carboxylic acids is 2. The third-order valence-electron chi connectivity index (χ3n) is 6.61. The molecule has 0 unspecified atom stereocenters. The Hall–Kier alpha value is -3.59. The number of amides is 1. The number of nitrogens with zero attached hydrogens (tertiary/aromatic N) is 2. The summed E-state index contributed by atoms with van der Waals surface area (Å²) < 4.78 is 31.2. The van der Waals surface area contributed by atoms with E-state index in [1.807, 2.05) is 0 Å². The molecule has 1 N–H and O–H groups in total. The predicted molar refractivity (Wildman–Crippen MR) is 143 cm³/mol. The summed E-state index contributed by atoms with van der Waals surface area (Å²) in [4.78, 5) is 30.3. The molecule has 1 amide bonds. The maximum Gasteiger partial charge on any atom is 0.295 e. The van der Waals surface area contributed by atoms with Gasteiger partial charge in [0, 0.05) is 17.7 Å². The van der Waals surface area contributed by atoms with Crippen LogP contribution in [0.3, 0.4) is 0 Å². The lowest BCUT2D eigenvalue weighted by atomic mass is 9.94. The number of halogens is 1. The molecular weight excluding hydrogens is 491 g/mol. The number of benzene rings is 2. The molecule has 2 aromatic carbocycles. The molecule has 38 heavy (non-hydrogen) atoms. The molecule has 1 aliphatic rings. The highest BCUT2D eigenvalue weighted by molar-refractivity contribution is 6.46. The Labute approximate surface area is 223 Å². The fraction of sp³-hybridized carbons (Fsp3) is 0.448. The van der Waals surface area contributed by atoms with Crippen molar-refractivity contribution in [1.82, 2.24) is 9.80 Å². The van der Waals surface area contributed by atoms with Crippen molar-refractivity contribution >= 4 is 17.4 Å². The molecule has 1 atom stereocenters. The van der Waals surface area contributed by atoms with Crippen LogP contribution in [-0.2, 0) is 9.59 Å². The molecule has 1 saturated heterocycles. The summed E-state index contributed by atoms with van der Waals surface area (Å²) in [5.74, 6) is -1.80. The van der Waals surface area contributed by atoms with Crippen LogP contribution >= 0.6 is 0 Å². The molecule has 206 valence electrons. The van der Waals surface area contributed by atoms with Crippen molar-refractivity contribution in [2.24, 2.45) is 0 Å². The number of methoxy groups -OCH3 is 2. The molecule has 2 aromatic rings. The van der Waals surface area contributed by atoms with Gasteiger partial charge in [0.25, 0.3) is 11.7 Å². The summed E-state index contributed by atoms with van der Waals surface area (Å²) in [6.07, 6.45) is 0.374. The molecule has 0 saturated carbocycles. The van der Waals surface area contributed by atoms with E-state index in [2.05, 4.69) is 18.7 Å². The van der Waals surface area contributed by atoms with E-state index in [0.29, 0.717) is 23.5 Å². The van der Waals surface area contributed by atoms with Crippen LogP contribution in [0.1, 0.15) is 51.3 Å². The zero-order valence-electron chi connectivity index (χ0n) is 22.9. The van der Waals surface area contributed by atoms with Crippen LogP contribution < -0.4 is 14.2 Å². The predicted octanol–water partition coefficient (Wildman–Crippen LogP) is 4.78. The van der Waals surface area contributed by atoms with E-state index in [-0.39, 0.29) is 29.5 Å². The maximum absolute atomic E-state index is 14.8. The van der Waals surface area contributed by atoms with E-state index in [4.69, 9.17) is 14.2 Å². The summed E-state index contributed by atoms with van der Waals surface area (Å²) in [6.45, 7) is 10.4. The van der Waals surface area contributed by atoms with Crippen LogP contribution in [0.25, 0.3) is 5.76 Å². The minimum atomic E-state index is -0.952. The van der Waals surface area contributed by atoms with Gasteiger partial charge >= 0.3 is 0 Å². The number of carbonyl (C=O) groups is 2. The largest absolute Gasteiger partial charge is 0.507 e. The number of hydrogen-bond acceptors (Lipinski definition) is 7. The van der Waals surface area contributed by atoms with Gasteiger partial charge in [-0.25, -0.2) is 4.39 Å². The molecule has 0 bridgehead atoms. The van der Waals surface area contributed by atoms with Gasteiger partial charge in [-0.3, -0.25) is 9.59 Å². The molecule has 1 heterocycles. The molecule has 0 aliphatic carbocycles. The first-order valence-electron chi connectivity index (χ1n) is 12.9. The zero-order chi connectivity index (χ0) is 28.0. The molecule has 9 heteroatoms. The van der Waals surface area contributed by atoms with Crippen molar-refractivity contribution in [3.8, 4) is 17.2 Å². The van der Waals surface area contributed by atoms with Gasteiger partial charge in [-0.2, -0.15) is 0 Å². The Balaban J connectivity index is 2.14. The smallest absolute Gasteiger partial charge is 0.295 e. The first kappa shape index (κ1) is 29.0. The Kier molecular flexibility index (Phi) is 9.74. The van der Waals surface area contributed by atoms with Crippen LogP contribution in [-0.4, -0.2) is 73.1 Å². The number of Topliss-reactive ketones (excluding diaryl/α,β-unsaturated/α-hetero) is 1. The van der Waals surface area contributed by atoms with Crippen molar-refractivity contribution in [3.05, 3.63) is 58.9 Å². The molecule has 3 rings (SSSR count). The first-order valence-corrected chi connectivity index (χ1v) is 12.9. The minimum absolute atomic E-state index is 0.0272. The SMILES string of the molecule is CCN(CC)CCCN1C(=O)C(=O)/C(=C(/O)c2ccc(OC(C)C)c(F)c2)[C@H]1c1cc(OC)ccc1OC. The van der Waals surface area contributed by atoms with Gasteiger partial charge in [0.15, 0.2) is 11.6 Å². The van der Waals surface area contributed by atoms with Gasteiger partial charge in [-0.05, 0) is 76.3 Å². The third kappa shape index (κ3) is 6.10. The van der Waals surface area contributed by atoms with E-state index in [1.54, 1.807) is 32.0 Å². The number of hydrogen-bond donors (Lipinski definition) is 1. The minimum Gasteiger partial charge on any atom is -0.507 e. The second-order valence-corrected chi connectivity index (χ2v) is 9.29. The van der Waals surface area contributed by atoms with Crippen LogP contribution in [0.4, 0.5) is 4.39 Å². The van der Waals surface area contributed by atoms with Gasteiger partial charge in [-0.15, -0.1) is 0 Å². The standard InChI is InChI=1S/C29H37FN2O6/c1-7-31(8-2)14-9-15-32-26(21-17-20(36-5)11-13-23(21)37-6)25(28(34)29(32)35)27(33)19-10-12-24(22(30)16-19)38-18(3)4/h10-13,16-18,26,33H,7-9,14-15H2,1-6H3/b27-25+/t26-/m1/s1. The van der Waals surface area contributed by atoms with E-state index < -0.39 is 29.3 Å². The van der Waals surface area contributed by atoms with Crippen LogP contribution in [0, 0.1) is 5.82 Å². The molecule has 0 spiro atoms. The highest BCUT2D eigenvalue weighted by Crippen LogP contribution is 2.44. The van der Waals surface area contributed by atoms with Crippen LogP contribution in [0.5, 0.6) is 17.2 Å². The Bertz CT molecular complexity index is 1190.